The van der Waals surface area contributed by atoms with Gasteiger partial charge < -0.3 is 33.9 Å². The van der Waals surface area contributed by atoms with Crippen molar-refractivity contribution in [2.75, 3.05) is 49.8 Å². The zero-order valence-electron chi connectivity index (χ0n) is 27.5. The van der Waals surface area contributed by atoms with Crippen LogP contribution in [0, 0.1) is 5.92 Å². The molecule has 3 aliphatic rings. The molecular weight excluding hydrogens is 622 g/mol. The fourth-order valence-electron chi connectivity index (χ4n) is 7.44. The number of unbranched alkanes of at least 4 members (excludes halogenated alkanes) is 1. The number of cyclic esters (lactones) is 1. The number of hydrogen-bond acceptors (Lipinski definition) is 9. The number of amides is 3. The largest absolute Gasteiger partial charge is 0.469 e. The number of anilines is 2. The molecule has 0 radical (unpaired) electrons. The Morgan fingerprint density at radius 2 is 1.87 bits per heavy atom. The number of nitrogens with zero attached hydrogens (tertiary/aromatic N) is 3. The van der Waals surface area contributed by atoms with Crippen molar-refractivity contribution in [1.82, 2.24) is 4.90 Å². The molecule has 47 heavy (non-hydrogen) atoms. The van der Waals surface area contributed by atoms with Crippen molar-refractivity contribution in [2.24, 2.45) is 5.92 Å². The monoisotopic (exact) mass is 667 g/mol. The SMILES string of the molecule is COC(=O)CCCCN1C(=O)[C@@]2(O[C@@H](CC(=O)N(CCO)Cc3ccccc3)[C@H]([Si](C)(C)O)[C@H]2C)c2cc(N3CCOC3=O)ccc21. The summed E-state index contributed by atoms with van der Waals surface area (Å²) in [6, 6.07) is 14.9. The van der Waals surface area contributed by atoms with E-state index in [2.05, 4.69) is 0 Å². The van der Waals surface area contributed by atoms with Crippen molar-refractivity contribution in [3.8, 4) is 0 Å². The van der Waals surface area contributed by atoms with Crippen LogP contribution in [0.3, 0.4) is 0 Å². The van der Waals surface area contributed by atoms with E-state index in [4.69, 9.17) is 14.2 Å². The van der Waals surface area contributed by atoms with Crippen LogP contribution in [0.15, 0.2) is 48.5 Å². The van der Waals surface area contributed by atoms with Crippen LogP contribution >= 0.6 is 0 Å². The summed E-state index contributed by atoms with van der Waals surface area (Å²) < 4.78 is 16.8. The van der Waals surface area contributed by atoms with Gasteiger partial charge in [-0.2, -0.15) is 0 Å². The second kappa shape index (κ2) is 14.1. The number of benzene rings is 2. The Bertz CT molecular complexity index is 1480. The van der Waals surface area contributed by atoms with Crippen LogP contribution in [0.1, 0.15) is 43.7 Å². The van der Waals surface area contributed by atoms with Gasteiger partial charge in [-0.25, -0.2) is 4.79 Å². The molecule has 3 heterocycles. The number of carbonyl (C=O) groups excluding carboxylic acids is 4. The first-order valence-electron chi connectivity index (χ1n) is 16.2. The molecule has 0 saturated carbocycles. The molecule has 13 heteroatoms. The van der Waals surface area contributed by atoms with Crippen molar-refractivity contribution in [2.45, 2.75) is 69.5 Å². The van der Waals surface area contributed by atoms with Crippen LogP contribution < -0.4 is 9.80 Å². The van der Waals surface area contributed by atoms with E-state index in [-0.39, 0.29) is 50.4 Å². The van der Waals surface area contributed by atoms with Gasteiger partial charge in [0.05, 0.1) is 38.5 Å². The first-order chi connectivity index (χ1) is 22.4. The zero-order chi connectivity index (χ0) is 33.9. The minimum absolute atomic E-state index is 0.0829. The smallest absolute Gasteiger partial charge is 0.414 e. The van der Waals surface area contributed by atoms with Crippen LogP contribution in [0.5, 0.6) is 0 Å². The molecule has 12 nitrogen and oxygen atoms in total. The van der Waals surface area contributed by atoms with Crippen molar-refractivity contribution in [3.05, 3.63) is 59.7 Å². The summed E-state index contributed by atoms with van der Waals surface area (Å²) >= 11 is 0. The maximum atomic E-state index is 14.7. The summed E-state index contributed by atoms with van der Waals surface area (Å²) in [4.78, 5) is 69.2. The van der Waals surface area contributed by atoms with Crippen molar-refractivity contribution >= 4 is 43.6 Å². The summed E-state index contributed by atoms with van der Waals surface area (Å²) in [6.07, 6.45) is -0.0602. The lowest BCUT2D eigenvalue weighted by molar-refractivity contribution is -0.149. The van der Waals surface area contributed by atoms with Gasteiger partial charge in [0.15, 0.2) is 13.9 Å². The number of hydrogen-bond donors (Lipinski definition) is 2. The lowest BCUT2D eigenvalue weighted by atomic mass is 9.82. The average molecular weight is 668 g/mol. The molecule has 0 aliphatic carbocycles. The van der Waals surface area contributed by atoms with Crippen LogP contribution in [-0.4, -0.2) is 93.1 Å². The van der Waals surface area contributed by atoms with Gasteiger partial charge in [-0.1, -0.05) is 37.3 Å². The van der Waals surface area contributed by atoms with Gasteiger partial charge in [0.25, 0.3) is 5.91 Å². The number of aliphatic hydroxyl groups is 1. The molecule has 0 unspecified atom stereocenters. The van der Waals surface area contributed by atoms with Crippen LogP contribution in [0.2, 0.25) is 18.6 Å². The van der Waals surface area contributed by atoms with Gasteiger partial charge in [-0.15, -0.1) is 0 Å². The Hall–Kier alpha value is -3.78. The van der Waals surface area contributed by atoms with Gasteiger partial charge in [-0.05, 0) is 49.7 Å². The van der Waals surface area contributed by atoms with E-state index < -0.39 is 37.6 Å². The van der Waals surface area contributed by atoms with Crippen LogP contribution in [0.25, 0.3) is 0 Å². The Morgan fingerprint density at radius 3 is 2.51 bits per heavy atom. The zero-order valence-corrected chi connectivity index (χ0v) is 28.5. The highest BCUT2D eigenvalue weighted by molar-refractivity contribution is 6.71. The third-order valence-electron chi connectivity index (χ3n) is 9.59. The highest BCUT2D eigenvalue weighted by Crippen LogP contribution is 2.60. The molecular formula is C34H45N3O9Si. The predicted octanol–water partition coefficient (Wildman–Crippen LogP) is 3.54. The van der Waals surface area contributed by atoms with Gasteiger partial charge in [0, 0.05) is 48.8 Å². The number of aliphatic hydroxyl groups excluding tert-OH is 1. The summed E-state index contributed by atoms with van der Waals surface area (Å²) in [6.45, 7) is 6.64. The maximum absolute atomic E-state index is 14.7. The first kappa shape index (κ1) is 34.5. The van der Waals surface area contributed by atoms with E-state index in [1.807, 2.05) is 37.3 Å². The molecule has 3 aliphatic heterocycles. The summed E-state index contributed by atoms with van der Waals surface area (Å²) in [5.41, 5.74) is 0.683. The number of rotatable bonds is 13. The Kier molecular flexibility index (Phi) is 10.4. The van der Waals surface area contributed by atoms with Gasteiger partial charge in [0.2, 0.25) is 5.91 Å². The molecule has 1 spiro atoms. The van der Waals surface area contributed by atoms with E-state index >= 15 is 0 Å². The first-order valence-corrected chi connectivity index (χ1v) is 19.2. The minimum Gasteiger partial charge on any atom is -0.469 e. The highest BCUT2D eigenvalue weighted by Gasteiger charge is 2.66. The van der Waals surface area contributed by atoms with Gasteiger partial charge >= 0.3 is 12.1 Å². The highest BCUT2D eigenvalue weighted by atomic mass is 28.4. The third-order valence-corrected chi connectivity index (χ3v) is 12.1. The number of esters is 1. The molecule has 254 valence electrons. The Morgan fingerprint density at radius 1 is 1.13 bits per heavy atom. The molecule has 0 bridgehead atoms. The van der Waals surface area contributed by atoms with Crippen molar-refractivity contribution in [1.29, 1.82) is 0 Å². The van der Waals surface area contributed by atoms with E-state index in [1.165, 1.54) is 12.0 Å². The predicted molar refractivity (Wildman–Crippen MR) is 176 cm³/mol. The summed E-state index contributed by atoms with van der Waals surface area (Å²) in [5, 5.41) is 9.79. The minimum atomic E-state index is -3.06. The molecule has 5 rings (SSSR count). The fraction of sp³-hybridized carbons (Fsp3) is 0.529. The molecule has 2 fully saturated rings. The van der Waals surface area contributed by atoms with Crippen LogP contribution in [-0.2, 0) is 40.7 Å². The maximum Gasteiger partial charge on any atom is 0.414 e. The standard InChI is InChI=1S/C34H45N3O9Si/c1-23-31(47(3,4)43)28(21-29(39)35(16-18-38)22-24-10-6-5-7-11-24)46-34(23)26-20-25(36-17-19-45-33(36)42)13-14-27(26)37(32(34)41)15-9-8-12-30(40)44-2/h5-7,10-11,13-14,20,23,28,31,38,43H,8-9,12,15-19,21-22H2,1-4H3/t23-,28+,31-,34+/m1/s1. The molecule has 4 atom stereocenters. The molecule has 2 N–H and O–H groups in total. The molecule has 2 aromatic rings. The normalized spacial score (nSPS) is 23.7. The molecule has 3 amide bonds. The Labute approximate surface area is 276 Å². The Balaban J connectivity index is 1.50. The second-order valence-electron chi connectivity index (χ2n) is 13.0. The average Bonchev–Trinajstić information content (AvgIpc) is 3.67. The third kappa shape index (κ3) is 6.80. The number of ether oxygens (including phenoxy) is 3. The van der Waals surface area contributed by atoms with E-state index in [1.54, 1.807) is 41.1 Å². The summed E-state index contributed by atoms with van der Waals surface area (Å²) in [7, 11) is -1.72. The van der Waals surface area contributed by atoms with E-state index in [0.29, 0.717) is 49.4 Å². The molecule has 0 aromatic heterocycles. The molecule has 2 saturated heterocycles. The number of fused-ring (bicyclic) bond motifs is 2. The lowest BCUT2D eigenvalue weighted by Gasteiger charge is -2.33. The number of carbonyl (C=O) groups is 4. The molecule has 2 aromatic carbocycles. The quantitative estimate of drug-likeness (QED) is 0.186. The summed E-state index contributed by atoms with van der Waals surface area (Å²) in [5.74, 6) is -1.38. The van der Waals surface area contributed by atoms with E-state index in [0.717, 1.165) is 5.56 Å². The van der Waals surface area contributed by atoms with E-state index in [9.17, 15) is 29.1 Å². The fourth-order valence-corrected chi connectivity index (χ4v) is 10.00. The van der Waals surface area contributed by atoms with Crippen LogP contribution in [0.4, 0.5) is 16.2 Å². The van der Waals surface area contributed by atoms with Gasteiger partial charge in [0.1, 0.15) is 6.61 Å². The number of methoxy groups -OCH3 is 1. The topological polar surface area (TPSA) is 146 Å². The second-order valence-corrected chi connectivity index (χ2v) is 17.0. The van der Waals surface area contributed by atoms with Gasteiger partial charge in [-0.3, -0.25) is 19.3 Å². The van der Waals surface area contributed by atoms with Crippen molar-refractivity contribution < 1.29 is 43.3 Å². The lowest BCUT2D eigenvalue weighted by Crippen LogP contribution is -2.46. The van der Waals surface area contributed by atoms with Crippen molar-refractivity contribution in [3.63, 3.8) is 0 Å².